The second-order valence-electron chi connectivity index (χ2n) is 7.79. The highest BCUT2D eigenvalue weighted by Crippen LogP contribution is 2.28. The molecule has 0 spiro atoms. The molecule has 0 bridgehead atoms. The number of aliphatic hydroxyl groups excluding tert-OH is 1. The van der Waals surface area contributed by atoms with E-state index in [0.717, 1.165) is 54.3 Å². The quantitative estimate of drug-likeness (QED) is 0.489. The molecule has 2 rings (SSSR count). The van der Waals surface area contributed by atoms with Gasteiger partial charge in [0.05, 0.1) is 7.11 Å². The Balaban J connectivity index is 2.35. The number of methoxy groups -OCH3 is 1. The molecule has 7 nitrogen and oxygen atoms in total. The summed E-state index contributed by atoms with van der Waals surface area (Å²) >= 11 is 0. The van der Waals surface area contributed by atoms with Crippen LogP contribution in [0.3, 0.4) is 0 Å². The number of aryl methyl sites for hydroxylation is 1. The molecule has 0 aliphatic rings. The average molecular weight is 416 g/mol. The Labute approximate surface area is 180 Å². The molecule has 0 amide bonds. The maximum Gasteiger partial charge on any atom is 0.222 e. The van der Waals surface area contributed by atoms with E-state index in [1.807, 2.05) is 6.92 Å². The number of nitrogens with one attached hydrogen (secondary N) is 1. The Hall–Kier alpha value is -2.38. The Morgan fingerprint density at radius 2 is 2.00 bits per heavy atom. The highest BCUT2D eigenvalue weighted by Gasteiger charge is 2.17. The van der Waals surface area contributed by atoms with E-state index in [9.17, 15) is 5.11 Å². The minimum Gasteiger partial charge on any atom is -0.496 e. The van der Waals surface area contributed by atoms with Gasteiger partial charge in [0.2, 0.25) is 5.95 Å². The van der Waals surface area contributed by atoms with Crippen molar-refractivity contribution >= 4 is 11.8 Å². The van der Waals surface area contributed by atoms with Crippen LogP contribution in [0.2, 0.25) is 0 Å². The van der Waals surface area contributed by atoms with Gasteiger partial charge in [-0.25, -0.2) is 4.98 Å². The van der Waals surface area contributed by atoms with Crippen LogP contribution in [-0.4, -0.2) is 53.3 Å². The van der Waals surface area contributed by atoms with E-state index in [2.05, 4.69) is 59.3 Å². The summed E-state index contributed by atoms with van der Waals surface area (Å²) in [6.45, 7) is 8.24. The molecule has 0 aliphatic heterocycles. The van der Waals surface area contributed by atoms with Gasteiger partial charge in [0.1, 0.15) is 11.6 Å². The maximum atomic E-state index is 9.41. The Kier molecular flexibility index (Phi) is 9.33. The van der Waals surface area contributed by atoms with Gasteiger partial charge in [0.15, 0.2) is 0 Å². The third-order valence-corrected chi connectivity index (χ3v) is 5.40. The maximum absolute atomic E-state index is 9.41. The fourth-order valence-corrected chi connectivity index (χ4v) is 3.58. The SMILES string of the molecule is CCC[C@@H](CCO)Nc1nc(N)nc(C)c1Cc1ccc(CN(C)CC)cc1OC. The molecule has 1 aromatic carbocycles. The molecule has 0 saturated carbocycles. The zero-order chi connectivity index (χ0) is 22.1. The number of nitrogen functional groups attached to an aromatic ring is 1. The number of rotatable bonds is 12. The van der Waals surface area contributed by atoms with E-state index < -0.39 is 0 Å². The zero-order valence-corrected chi connectivity index (χ0v) is 19.0. The summed E-state index contributed by atoms with van der Waals surface area (Å²) in [4.78, 5) is 11.1. The first kappa shape index (κ1) is 23.9. The van der Waals surface area contributed by atoms with Gasteiger partial charge in [0.25, 0.3) is 0 Å². The van der Waals surface area contributed by atoms with Crippen LogP contribution in [0.4, 0.5) is 11.8 Å². The predicted octanol–water partition coefficient (Wildman–Crippen LogP) is 3.38. The van der Waals surface area contributed by atoms with Crippen LogP contribution in [0.5, 0.6) is 5.75 Å². The Bertz CT molecular complexity index is 806. The molecule has 0 fully saturated rings. The molecule has 0 aliphatic carbocycles. The van der Waals surface area contributed by atoms with Gasteiger partial charge in [-0.1, -0.05) is 32.4 Å². The first-order valence-corrected chi connectivity index (χ1v) is 10.8. The van der Waals surface area contributed by atoms with Crippen molar-refractivity contribution in [3.8, 4) is 5.75 Å². The summed E-state index contributed by atoms with van der Waals surface area (Å²) in [7, 11) is 3.81. The summed E-state index contributed by atoms with van der Waals surface area (Å²) in [5.74, 6) is 1.85. The fourth-order valence-electron chi connectivity index (χ4n) is 3.58. The Morgan fingerprint density at radius 1 is 1.23 bits per heavy atom. The van der Waals surface area contributed by atoms with Gasteiger partial charge < -0.3 is 25.8 Å². The second kappa shape index (κ2) is 11.7. The number of anilines is 2. The van der Waals surface area contributed by atoms with Crippen LogP contribution in [0.25, 0.3) is 0 Å². The second-order valence-corrected chi connectivity index (χ2v) is 7.79. The topological polar surface area (TPSA) is 96.5 Å². The molecule has 0 unspecified atom stereocenters. The van der Waals surface area contributed by atoms with Crippen molar-refractivity contribution in [1.29, 1.82) is 0 Å². The number of ether oxygens (including phenoxy) is 1. The van der Waals surface area contributed by atoms with Crippen molar-refractivity contribution in [2.24, 2.45) is 0 Å². The van der Waals surface area contributed by atoms with Gasteiger partial charge in [-0.2, -0.15) is 4.98 Å². The van der Waals surface area contributed by atoms with Crippen LogP contribution in [0, 0.1) is 6.92 Å². The van der Waals surface area contributed by atoms with Gasteiger partial charge in [-0.15, -0.1) is 0 Å². The minimum atomic E-state index is 0.133. The van der Waals surface area contributed by atoms with E-state index in [1.165, 1.54) is 5.56 Å². The lowest BCUT2D eigenvalue weighted by Gasteiger charge is -2.21. The lowest BCUT2D eigenvalue weighted by molar-refractivity contribution is 0.276. The summed E-state index contributed by atoms with van der Waals surface area (Å²) in [5, 5.41) is 12.9. The molecule has 1 atom stereocenters. The number of hydrogen-bond donors (Lipinski definition) is 3. The lowest BCUT2D eigenvalue weighted by Crippen LogP contribution is -2.23. The number of nitrogens with zero attached hydrogens (tertiary/aromatic N) is 3. The normalized spacial score (nSPS) is 12.2. The number of aromatic nitrogens is 2. The monoisotopic (exact) mass is 415 g/mol. The van der Waals surface area contributed by atoms with Gasteiger partial charge in [-0.3, -0.25) is 0 Å². The zero-order valence-electron chi connectivity index (χ0n) is 19.0. The molecular weight excluding hydrogens is 378 g/mol. The lowest BCUT2D eigenvalue weighted by atomic mass is 10.0. The van der Waals surface area contributed by atoms with Crippen molar-refractivity contribution in [1.82, 2.24) is 14.9 Å². The van der Waals surface area contributed by atoms with E-state index in [1.54, 1.807) is 7.11 Å². The van der Waals surface area contributed by atoms with Gasteiger partial charge >= 0.3 is 0 Å². The van der Waals surface area contributed by atoms with Crippen molar-refractivity contribution in [2.75, 3.05) is 38.4 Å². The van der Waals surface area contributed by atoms with Crippen molar-refractivity contribution < 1.29 is 9.84 Å². The van der Waals surface area contributed by atoms with Crippen molar-refractivity contribution in [2.45, 2.75) is 59.0 Å². The van der Waals surface area contributed by atoms with Crippen LogP contribution in [0.15, 0.2) is 18.2 Å². The summed E-state index contributed by atoms with van der Waals surface area (Å²) in [6.07, 6.45) is 3.28. The van der Waals surface area contributed by atoms with Crippen molar-refractivity contribution in [3.63, 3.8) is 0 Å². The third kappa shape index (κ3) is 6.57. The molecule has 7 heteroatoms. The number of aliphatic hydroxyl groups is 1. The fraction of sp³-hybridized carbons (Fsp3) is 0.565. The summed E-state index contributed by atoms with van der Waals surface area (Å²) in [6, 6.07) is 6.51. The molecule has 0 radical (unpaired) electrons. The molecule has 166 valence electrons. The molecule has 2 aromatic rings. The van der Waals surface area contributed by atoms with E-state index in [-0.39, 0.29) is 18.6 Å². The predicted molar refractivity (Wildman–Crippen MR) is 123 cm³/mol. The van der Waals surface area contributed by atoms with E-state index in [4.69, 9.17) is 10.5 Å². The van der Waals surface area contributed by atoms with Crippen LogP contribution < -0.4 is 15.8 Å². The Morgan fingerprint density at radius 3 is 2.63 bits per heavy atom. The van der Waals surface area contributed by atoms with E-state index in [0.29, 0.717) is 12.8 Å². The van der Waals surface area contributed by atoms with Crippen LogP contribution in [-0.2, 0) is 13.0 Å². The first-order chi connectivity index (χ1) is 14.4. The molecular formula is C23H37N5O2. The third-order valence-electron chi connectivity index (χ3n) is 5.40. The molecule has 30 heavy (non-hydrogen) atoms. The smallest absolute Gasteiger partial charge is 0.222 e. The minimum absolute atomic E-state index is 0.133. The molecule has 0 saturated heterocycles. The van der Waals surface area contributed by atoms with Crippen molar-refractivity contribution in [3.05, 3.63) is 40.6 Å². The molecule has 1 heterocycles. The van der Waals surface area contributed by atoms with Crippen LogP contribution in [0.1, 0.15) is 55.5 Å². The largest absolute Gasteiger partial charge is 0.496 e. The number of benzene rings is 1. The highest BCUT2D eigenvalue weighted by molar-refractivity contribution is 5.53. The number of nitrogens with two attached hydrogens (primary N) is 1. The summed E-state index contributed by atoms with van der Waals surface area (Å²) < 4.78 is 5.70. The highest BCUT2D eigenvalue weighted by atomic mass is 16.5. The van der Waals surface area contributed by atoms with Gasteiger partial charge in [0, 0.05) is 36.9 Å². The van der Waals surface area contributed by atoms with E-state index >= 15 is 0 Å². The molecule has 1 aromatic heterocycles. The van der Waals surface area contributed by atoms with Crippen LogP contribution >= 0.6 is 0 Å². The molecule has 4 N–H and O–H groups in total. The number of hydrogen-bond acceptors (Lipinski definition) is 7. The summed E-state index contributed by atoms with van der Waals surface area (Å²) in [5.41, 5.74) is 10.1. The van der Waals surface area contributed by atoms with Gasteiger partial charge in [-0.05, 0) is 50.6 Å². The average Bonchev–Trinajstić information content (AvgIpc) is 2.71. The first-order valence-electron chi connectivity index (χ1n) is 10.8. The standard InChI is InChI=1S/C23H37N5O2/c1-6-8-19(11-12-29)26-22-20(16(3)25-23(24)27-22)14-18-10-9-17(13-21(18)30-5)15-28(4)7-2/h9-10,13,19,29H,6-8,11-12,14-15H2,1-5H3,(H3,24,25,26,27)/t19-/m0/s1.